The lowest BCUT2D eigenvalue weighted by Gasteiger charge is -2.21. The minimum Gasteiger partial charge on any atom is -0.480 e. The molecule has 1 aromatic carbocycles. The quantitative estimate of drug-likeness (QED) is 0.731. The highest BCUT2D eigenvalue weighted by molar-refractivity contribution is 6.21. The third-order valence-corrected chi connectivity index (χ3v) is 3.63. The summed E-state index contributed by atoms with van der Waals surface area (Å²) in [6.45, 7) is 3.52. The number of hydrogen-bond donors (Lipinski definition) is 1. The Kier molecular flexibility index (Phi) is 7.19. The third-order valence-electron chi connectivity index (χ3n) is 3.63. The van der Waals surface area contributed by atoms with Crippen molar-refractivity contribution in [3.8, 4) is 0 Å². The maximum Gasteiger partial charge on any atom is 0.317 e. The minimum atomic E-state index is -0.866. The molecule has 0 aliphatic carbocycles. The molecular formula is C16H21ClN2O4. The molecule has 0 unspecified atom stereocenters. The fourth-order valence-corrected chi connectivity index (χ4v) is 2.67. The van der Waals surface area contributed by atoms with E-state index in [4.69, 9.17) is 5.11 Å². The Morgan fingerprint density at radius 1 is 1.13 bits per heavy atom. The number of carboxylic acids is 1. The zero-order valence-corrected chi connectivity index (χ0v) is 13.8. The van der Waals surface area contributed by atoms with Crippen LogP contribution in [0.4, 0.5) is 0 Å². The third kappa shape index (κ3) is 4.53. The van der Waals surface area contributed by atoms with Gasteiger partial charge in [0.2, 0.25) is 0 Å². The molecule has 23 heavy (non-hydrogen) atoms. The number of rotatable bonds is 8. The van der Waals surface area contributed by atoms with Gasteiger partial charge in [0.05, 0.1) is 17.7 Å². The summed E-state index contributed by atoms with van der Waals surface area (Å²) in [5, 5.41) is 8.86. The van der Waals surface area contributed by atoms with Gasteiger partial charge in [0, 0.05) is 13.1 Å². The Morgan fingerprint density at radius 2 is 1.70 bits per heavy atom. The summed E-state index contributed by atoms with van der Waals surface area (Å²) in [6, 6.07) is 6.79. The van der Waals surface area contributed by atoms with Gasteiger partial charge in [0.15, 0.2) is 0 Å². The number of imide groups is 1. The number of fused-ring (bicyclic) bond motifs is 1. The zero-order valence-electron chi connectivity index (χ0n) is 13.0. The van der Waals surface area contributed by atoms with Gasteiger partial charge in [-0.1, -0.05) is 19.1 Å². The summed E-state index contributed by atoms with van der Waals surface area (Å²) in [5.74, 6) is -1.39. The second-order valence-corrected chi connectivity index (χ2v) is 5.33. The number of benzene rings is 1. The van der Waals surface area contributed by atoms with E-state index in [0.29, 0.717) is 37.2 Å². The molecule has 0 spiro atoms. The van der Waals surface area contributed by atoms with E-state index in [-0.39, 0.29) is 30.8 Å². The van der Waals surface area contributed by atoms with E-state index in [1.807, 2.05) is 11.8 Å². The molecule has 2 amide bonds. The first kappa shape index (κ1) is 19.1. The van der Waals surface area contributed by atoms with Crippen molar-refractivity contribution in [2.75, 3.05) is 26.2 Å². The average Bonchev–Trinajstić information content (AvgIpc) is 2.72. The van der Waals surface area contributed by atoms with E-state index in [9.17, 15) is 14.4 Å². The topological polar surface area (TPSA) is 77.9 Å². The molecule has 6 nitrogen and oxygen atoms in total. The van der Waals surface area contributed by atoms with Crippen molar-refractivity contribution < 1.29 is 19.5 Å². The molecular weight excluding hydrogens is 320 g/mol. The van der Waals surface area contributed by atoms with Gasteiger partial charge >= 0.3 is 5.97 Å². The summed E-state index contributed by atoms with van der Waals surface area (Å²) < 4.78 is 0. The van der Waals surface area contributed by atoms with Crippen LogP contribution in [0.5, 0.6) is 0 Å². The Hall–Kier alpha value is -1.92. The number of carboxylic acid groups (broad SMARTS) is 1. The molecule has 0 aromatic heterocycles. The first-order chi connectivity index (χ1) is 10.5. The SMILES string of the molecule is CCCN(CCCN1C(=O)c2ccccc2C1=O)CC(=O)O.Cl. The van der Waals surface area contributed by atoms with Gasteiger partial charge in [0.25, 0.3) is 11.8 Å². The van der Waals surface area contributed by atoms with Crippen molar-refractivity contribution in [3.05, 3.63) is 35.4 Å². The summed E-state index contributed by atoms with van der Waals surface area (Å²) in [5.41, 5.74) is 0.895. The van der Waals surface area contributed by atoms with Gasteiger partial charge in [0.1, 0.15) is 0 Å². The maximum absolute atomic E-state index is 12.2. The Morgan fingerprint density at radius 3 is 2.17 bits per heavy atom. The van der Waals surface area contributed by atoms with Crippen molar-refractivity contribution >= 4 is 30.2 Å². The fraction of sp³-hybridized carbons (Fsp3) is 0.438. The summed E-state index contributed by atoms with van der Waals surface area (Å²) in [4.78, 5) is 38.2. The molecule has 1 aliphatic rings. The van der Waals surface area contributed by atoms with E-state index in [1.54, 1.807) is 24.3 Å². The summed E-state index contributed by atoms with van der Waals surface area (Å²) in [6.07, 6.45) is 1.43. The lowest BCUT2D eigenvalue weighted by atomic mass is 10.1. The standard InChI is InChI=1S/C16H20N2O4.ClH/c1-2-8-17(11-14(19)20)9-5-10-18-15(21)12-6-3-4-7-13(12)16(18)22;/h3-4,6-7H,2,5,8-11H2,1H3,(H,19,20);1H. The molecule has 7 heteroatoms. The molecule has 126 valence electrons. The van der Waals surface area contributed by atoms with Crippen LogP contribution in [0.3, 0.4) is 0 Å². The number of amides is 2. The second kappa shape index (κ2) is 8.64. The monoisotopic (exact) mass is 340 g/mol. The van der Waals surface area contributed by atoms with Gasteiger partial charge in [-0.25, -0.2) is 0 Å². The van der Waals surface area contributed by atoms with E-state index in [1.165, 1.54) is 4.90 Å². The number of aliphatic carboxylic acids is 1. The van der Waals surface area contributed by atoms with Crippen LogP contribution in [0.1, 0.15) is 40.5 Å². The van der Waals surface area contributed by atoms with Crippen LogP contribution in [-0.2, 0) is 4.79 Å². The number of carbonyl (C=O) groups excluding carboxylic acids is 2. The molecule has 1 heterocycles. The smallest absolute Gasteiger partial charge is 0.317 e. The number of halogens is 1. The molecule has 0 fully saturated rings. The Balaban J connectivity index is 0.00000264. The maximum atomic E-state index is 12.2. The van der Waals surface area contributed by atoms with E-state index in [2.05, 4.69) is 0 Å². The number of nitrogens with zero attached hydrogens (tertiary/aromatic N) is 2. The molecule has 0 saturated heterocycles. The predicted molar refractivity (Wildman–Crippen MR) is 88.0 cm³/mol. The molecule has 0 atom stereocenters. The largest absolute Gasteiger partial charge is 0.480 e. The average molecular weight is 341 g/mol. The second-order valence-electron chi connectivity index (χ2n) is 5.33. The van der Waals surface area contributed by atoms with Crippen molar-refractivity contribution in [1.29, 1.82) is 0 Å². The van der Waals surface area contributed by atoms with Gasteiger partial charge in [-0.05, 0) is 31.5 Å². The highest BCUT2D eigenvalue weighted by atomic mass is 35.5. The van der Waals surface area contributed by atoms with Crippen molar-refractivity contribution in [2.24, 2.45) is 0 Å². The van der Waals surface area contributed by atoms with Crippen molar-refractivity contribution in [2.45, 2.75) is 19.8 Å². The zero-order chi connectivity index (χ0) is 16.1. The number of carbonyl (C=O) groups is 3. The van der Waals surface area contributed by atoms with E-state index in [0.717, 1.165) is 6.42 Å². The van der Waals surface area contributed by atoms with Crippen molar-refractivity contribution in [3.63, 3.8) is 0 Å². The first-order valence-electron chi connectivity index (χ1n) is 7.44. The van der Waals surface area contributed by atoms with Crippen LogP contribution >= 0.6 is 12.4 Å². The van der Waals surface area contributed by atoms with Crippen LogP contribution in [0.25, 0.3) is 0 Å². The predicted octanol–water partition coefficient (Wildman–Crippen LogP) is 1.89. The van der Waals surface area contributed by atoms with Gasteiger partial charge in [-0.3, -0.25) is 24.2 Å². The molecule has 1 aromatic rings. The van der Waals surface area contributed by atoms with E-state index < -0.39 is 5.97 Å². The molecule has 1 N–H and O–H groups in total. The van der Waals surface area contributed by atoms with Gasteiger partial charge in [-0.2, -0.15) is 0 Å². The molecule has 0 bridgehead atoms. The molecule has 1 aliphatic heterocycles. The van der Waals surface area contributed by atoms with Crippen LogP contribution < -0.4 is 0 Å². The van der Waals surface area contributed by atoms with Gasteiger partial charge in [-0.15, -0.1) is 12.4 Å². The summed E-state index contributed by atoms with van der Waals surface area (Å²) >= 11 is 0. The molecule has 2 rings (SSSR count). The van der Waals surface area contributed by atoms with Crippen molar-refractivity contribution in [1.82, 2.24) is 9.80 Å². The Labute approximate surface area is 141 Å². The molecule has 0 radical (unpaired) electrons. The Bertz CT molecular complexity index is 556. The fourth-order valence-electron chi connectivity index (χ4n) is 2.67. The van der Waals surface area contributed by atoms with Crippen LogP contribution in [0.2, 0.25) is 0 Å². The lowest BCUT2D eigenvalue weighted by molar-refractivity contribution is -0.138. The first-order valence-corrected chi connectivity index (χ1v) is 7.44. The highest BCUT2D eigenvalue weighted by Gasteiger charge is 2.34. The van der Waals surface area contributed by atoms with Crippen LogP contribution in [0.15, 0.2) is 24.3 Å². The summed E-state index contributed by atoms with van der Waals surface area (Å²) in [7, 11) is 0. The molecule has 0 saturated carbocycles. The van der Waals surface area contributed by atoms with Crippen LogP contribution in [0, 0.1) is 0 Å². The van der Waals surface area contributed by atoms with Crippen LogP contribution in [-0.4, -0.2) is 58.9 Å². The lowest BCUT2D eigenvalue weighted by Crippen LogP contribution is -2.35. The van der Waals surface area contributed by atoms with E-state index >= 15 is 0 Å². The minimum absolute atomic E-state index is 0. The highest BCUT2D eigenvalue weighted by Crippen LogP contribution is 2.22. The normalized spacial score (nSPS) is 13.2. The number of hydrogen-bond acceptors (Lipinski definition) is 4. The van der Waals surface area contributed by atoms with Gasteiger partial charge < -0.3 is 5.11 Å².